The van der Waals surface area contributed by atoms with Gasteiger partial charge in [-0.1, -0.05) is 0 Å². The quantitative estimate of drug-likeness (QED) is 0.439. The molecular formula is Cl2I3V. The Morgan fingerprint density at radius 2 is 1.00 bits per heavy atom. The molecule has 0 rings (SSSR count). The molecule has 0 unspecified atom stereocenters. The van der Waals surface area contributed by atoms with E-state index in [-0.39, 0.29) is 0 Å². The predicted molar refractivity (Wildman–Crippen MR) is 53.8 cm³/mol. The minimum absolute atomic E-state index is 2.10. The summed E-state index contributed by atoms with van der Waals surface area (Å²) < 4.78 is -2.63. The van der Waals surface area contributed by atoms with Gasteiger partial charge in [-0.05, 0) is 0 Å². The Hall–Kier alpha value is 3.35. The summed E-state index contributed by atoms with van der Waals surface area (Å²) in [5, 5.41) is 0. The van der Waals surface area contributed by atoms with Crippen LogP contribution < -0.4 is 0 Å². The Morgan fingerprint density at radius 1 is 1.00 bits per heavy atom. The van der Waals surface area contributed by atoms with Gasteiger partial charge in [-0.15, -0.1) is 0 Å². The van der Waals surface area contributed by atoms with Crippen molar-refractivity contribution in [1.82, 2.24) is 0 Å². The molecule has 40 valence electrons. The summed E-state index contributed by atoms with van der Waals surface area (Å²) >= 11 is 6.29. The molecule has 0 aliphatic rings. The first-order chi connectivity index (χ1) is 2.24. The molecule has 0 fully saturated rings. The zero-order chi connectivity index (χ0) is 5.45. The fraction of sp³-hybridized carbons (Fsp3) is 0. The molecule has 0 saturated heterocycles. The van der Waals surface area contributed by atoms with Crippen molar-refractivity contribution in [3.8, 4) is 0 Å². The fourth-order valence-electron chi connectivity index (χ4n) is 0. The van der Waals surface area contributed by atoms with Crippen LogP contribution >= 0.6 is 79.6 Å². The van der Waals surface area contributed by atoms with Crippen molar-refractivity contribution in [3.63, 3.8) is 0 Å². The van der Waals surface area contributed by atoms with Gasteiger partial charge in [0.2, 0.25) is 0 Å². The van der Waals surface area contributed by atoms with Crippen LogP contribution in [0.25, 0.3) is 0 Å². The molecule has 0 amide bonds. The summed E-state index contributed by atoms with van der Waals surface area (Å²) in [6.45, 7) is 0. The zero-order valence-corrected chi connectivity index (χ0v) is 11.7. The Balaban J connectivity index is 3.73. The monoisotopic (exact) mass is 502 g/mol. The Morgan fingerprint density at radius 3 is 1.00 bits per heavy atom. The molecule has 0 aromatic heterocycles. The van der Waals surface area contributed by atoms with E-state index in [1.165, 1.54) is 0 Å². The van der Waals surface area contributed by atoms with Crippen LogP contribution in [-0.4, -0.2) is 0 Å². The van der Waals surface area contributed by atoms with E-state index in [1.807, 2.05) is 0 Å². The van der Waals surface area contributed by atoms with Gasteiger partial charge in [-0.3, -0.25) is 0 Å². The van der Waals surface area contributed by atoms with E-state index in [4.69, 9.17) is 19.7 Å². The molecule has 0 spiro atoms. The molecule has 0 aromatic rings. The number of hydrogen-bond donors (Lipinski definition) is 0. The summed E-state index contributed by atoms with van der Waals surface area (Å²) in [6.07, 6.45) is 0. The number of hydrogen-bond acceptors (Lipinski definition) is 0. The number of halogens is 5. The minimum atomic E-state index is -2.63. The average Bonchev–Trinajstić information content (AvgIpc) is 0.650. The van der Waals surface area contributed by atoms with Crippen LogP contribution in [0, 0.1) is 0 Å². The van der Waals surface area contributed by atoms with E-state index in [9.17, 15) is 0 Å². The van der Waals surface area contributed by atoms with Crippen LogP contribution in [0.3, 0.4) is 0 Å². The van der Waals surface area contributed by atoms with Crippen LogP contribution in [-0.2, 0) is 0.738 Å². The molecule has 0 radical (unpaired) electrons. The average molecular weight is 503 g/mol. The second kappa shape index (κ2) is 2.53. The van der Waals surface area contributed by atoms with E-state index in [2.05, 4.69) is 59.9 Å². The van der Waals surface area contributed by atoms with E-state index in [0.717, 1.165) is 0 Å². The van der Waals surface area contributed by atoms with Crippen molar-refractivity contribution < 1.29 is 0.738 Å². The van der Waals surface area contributed by atoms with Crippen LogP contribution in [0.5, 0.6) is 0 Å². The standard InChI is InChI=1S/2ClH.3HI.V/h5*1H;/q;;;;;+5/p-5. The fourth-order valence-corrected chi connectivity index (χ4v) is 0. The van der Waals surface area contributed by atoms with Crippen molar-refractivity contribution in [2.24, 2.45) is 0 Å². The topological polar surface area (TPSA) is 0 Å². The third kappa shape index (κ3) is 26.4. The molecule has 0 bridgehead atoms. The summed E-state index contributed by atoms with van der Waals surface area (Å²) in [5.74, 6) is 0. The summed E-state index contributed by atoms with van der Waals surface area (Å²) in [4.78, 5) is 0. The molecule has 0 aliphatic heterocycles. The maximum atomic E-state index is 5.69. The van der Waals surface area contributed by atoms with Crippen LogP contribution in [0.15, 0.2) is 0 Å². The maximum absolute atomic E-state index is 5.69. The van der Waals surface area contributed by atoms with Gasteiger partial charge in [0.25, 0.3) is 0 Å². The molecule has 0 aliphatic carbocycles. The van der Waals surface area contributed by atoms with E-state index in [1.54, 1.807) is 0 Å². The summed E-state index contributed by atoms with van der Waals surface area (Å²) in [6, 6.07) is 0. The Labute approximate surface area is 78.2 Å². The zero-order valence-electron chi connectivity index (χ0n) is 2.34. The molecule has 0 nitrogen and oxygen atoms in total. The van der Waals surface area contributed by atoms with Gasteiger partial charge in [0, 0.05) is 0 Å². The molecule has 0 heterocycles. The third-order valence-electron chi connectivity index (χ3n) is 0. The molecular weight excluding hydrogens is 503 g/mol. The van der Waals surface area contributed by atoms with Gasteiger partial charge in [-0.2, -0.15) is 0 Å². The predicted octanol–water partition coefficient (Wildman–Crippen LogP) is 4.03. The second-order valence-electron chi connectivity index (χ2n) is 0.639. The van der Waals surface area contributed by atoms with Crippen LogP contribution in [0.1, 0.15) is 0 Å². The van der Waals surface area contributed by atoms with Crippen molar-refractivity contribution >= 4 is 79.6 Å². The van der Waals surface area contributed by atoms with Crippen LogP contribution in [0.2, 0.25) is 0 Å². The first kappa shape index (κ1) is 9.35. The van der Waals surface area contributed by atoms with Crippen molar-refractivity contribution in [1.29, 1.82) is 0 Å². The Bertz CT molecular complexity index is 42.0. The van der Waals surface area contributed by atoms with Gasteiger partial charge in [-0.25, -0.2) is 0 Å². The second-order valence-corrected chi connectivity index (χ2v) is 69.7. The third-order valence-corrected chi connectivity index (χ3v) is 0. The van der Waals surface area contributed by atoms with E-state index in [0.29, 0.717) is 0 Å². The molecule has 0 atom stereocenters. The Kier molecular flexibility index (Phi) is 3.95. The molecule has 6 heteroatoms. The summed E-state index contributed by atoms with van der Waals surface area (Å²) in [5.41, 5.74) is 0. The van der Waals surface area contributed by atoms with Gasteiger partial charge in [0.05, 0.1) is 0 Å². The van der Waals surface area contributed by atoms with E-state index < -0.39 is 0.738 Å². The van der Waals surface area contributed by atoms with Crippen molar-refractivity contribution in [2.75, 3.05) is 0 Å². The molecule has 0 N–H and O–H groups in total. The molecule has 0 saturated carbocycles. The first-order valence-corrected chi connectivity index (χ1v) is 18.2. The van der Waals surface area contributed by atoms with Gasteiger partial charge in [0.1, 0.15) is 0 Å². The summed E-state index contributed by atoms with van der Waals surface area (Å²) in [7, 11) is 11.4. The first-order valence-electron chi connectivity index (χ1n) is 0.845. The van der Waals surface area contributed by atoms with Crippen molar-refractivity contribution in [2.45, 2.75) is 0 Å². The van der Waals surface area contributed by atoms with Gasteiger partial charge in [0.15, 0.2) is 0 Å². The van der Waals surface area contributed by atoms with Gasteiger partial charge < -0.3 is 0 Å². The van der Waals surface area contributed by atoms with Crippen molar-refractivity contribution in [3.05, 3.63) is 0 Å². The van der Waals surface area contributed by atoms with Crippen LogP contribution in [0.4, 0.5) is 0 Å². The molecule has 0 aromatic carbocycles. The van der Waals surface area contributed by atoms with Gasteiger partial charge >= 0.3 is 80.4 Å². The normalized spacial score (nSPS) is 19.2. The number of rotatable bonds is 0. The SMILES string of the molecule is [Cl][V]([Cl])([I])([I])[I]. The molecule has 6 heavy (non-hydrogen) atoms. The van der Waals surface area contributed by atoms with E-state index >= 15 is 0 Å².